The van der Waals surface area contributed by atoms with Gasteiger partial charge in [-0.05, 0) is 109 Å². The first-order valence-electron chi connectivity index (χ1n) is 19.0. The Balaban J connectivity index is 0.882. The van der Waals surface area contributed by atoms with Crippen LogP contribution in [0.15, 0.2) is 97.1 Å². The minimum atomic E-state index is 0.149. The molecule has 3 saturated heterocycles. The van der Waals surface area contributed by atoms with Crippen molar-refractivity contribution in [1.82, 2.24) is 15.0 Å². The van der Waals surface area contributed by atoms with Gasteiger partial charge in [0.25, 0.3) is 0 Å². The Hall–Kier alpha value is -5.23. The first-order valence-corrected chi connectivity index (χ1v) is 19.0. The van der Waals surface area contributed by atoms with Crippen molar-refractivity contribution >= 4 is 5.95 Å². The smallest absolute Gasteiger partial charge is 0.330 e. The fraction of sp³-hybridized carbons (Fsp3) is 0.372. The predicted molar refractivity (Wildman–Crippen MR) is 205 cm³/mol. The maximum Gasteiger partial charge on any atom is 0.330 e. The van der Waals surface area contributed by atoms with Crippen LogP contribution in [-0.4, -0.2) is 79.9 Å². The number of epoxide rings is 2. The number of hydrogen-bond donors (Lipinski definition) is 0. The van der Waals surface area contributed by atoms with E-state index in [1.807, 2.05) is 77.7 Å². The highest BCUT2D eigenvalue weighted by Crippen LogP contribution is 2.30. The van der Waals surface area contributed by atoms with Gasteiger partial charge in [0.15, 0.2) is 0 Å². The van der Waals surface area contributed by atoms with Crippen LogP contribution >= 0.6 is 0 Å². The summed E-state index contributed by atoms with van der Waals surface area (Å²) in [6.45, 7) is 5.76. The number of rotatable bonds is 19. The van der Waals surface area contributed by atoms with Crippen LogP contribution < -0.4 is 23.8 Å². The molecule has 0 radical (unpaired) electrons. The van der Waals surface area contributed by atoms with Crippen molar-refractivity contribution in [3.63, 3.8) is 0 Å². The lowest BCUT2D eigenvalue weighted by atomic mass is 10.1. The number of anilines is 1. The second-order valence-electron chi connectivity index (χ2n) is 13.7. The van der Waals surface area contributed by atoms with Crippen LogP contribution in [0.4, 0.5) is 5.95 Å². The van der Waals surface area contributed by atoms with Crippen LogP contribution in [0.1, 0.15) is 38.5 Å². The molecule has 54 heavy (non-hydrogen) atoms. The number of unbranched alkanes of at least 4 members (excludes halogenated alkanes) is 2. The van der Waals surface area contributed by atoms with Gasteiger partial charge in [0.1, 0.15) is 23.0 Å². The normalized spacial score (nSPS) is 17.5. The van der Waals surface area contributed by atoms with E-state index in [9.17, 15) is 0 Å². The van der Waals surface area contributed by atoms with E-state index in [0.29, 0.717) is 69.2 Å². The maximum atomic E-state index is 6.17. The zero-order chi connectivity index (χ0) is 36.4. The topological polar surface area (TPSA) is 113 Å². The van der Waals surface area contributed by atoms with Gasteiger partial charge in [0, 0.05) is 13.1 Å². The average molecular weight is 731 g/mol. The van der Waals surface area contributed by atoms with Crippen LogP contribution in [0.25, 0.3) is 22.3 Å². The Morgan fingerprint density at radius 1 is 0.500 bits per heavy atom. The number of ether oxygens (including phenoxy) is 7. The largest absolute Gasteiger partial charge is 0.494 e. The summed E-state index contributed by atoms with van der Waals surface area (Å²) in [5, 5.41) is 0. The SMILES string of the molecule is c1cc(-c2ccc(Oc3nc(Oc4ccc(-c5ccc(OCCCCC6CO6)cc5)cc4)nc(N4CCOCC4)n3)cc2)ccc1OCCCCC1CO1. The predicted octanol–water partition coefficient (Wildman–Crippen LogP) is 8.52. The molecule has 0 aliphatic carbocycles. The molecule has 3 fully saturated rings. The van der Waals surface area contributed by atoms with Gasteiger partial charge < -0.3 is 38.1 Å². The van der Waals surface area contributed by atoms with E-state index in [2.05, 4.69) is 39.2 Å². The summed E-state index contributed by atoms with van der Waals surface area (Å²) in [4.78, 5) is 15.9. The standard InChI is InChI=1S/C43H46N4O7/c1(5-39-29-51-39)3-25-49-35-15-7-31(8-16-35)33-11-19-37(20-12-33)53-42-44-41(47-23-27-48-28-24-47)45-43(46-42)54-38-21-13-34(14-22-38)32-9-17-36(18-10-32)50-26-4-2-6-40-30-52-40/h7-22,39-40H,1-6,23-30H2. The van der Waals surface area contributed by atoms with E-state index >= 15 is 0 Å². The molecule has 11 nitrogen and oxygen atoms in total. The molecule has 3 aliphatic rings. The Morgan fingerprint density at radius 2 is 0.889 bits per heavy atom. The molecule has 0 bridgehead atoms. The van der Waals surface area contributed by atoms with Crippen molar-refractivity contribution in [2.75, 3.05) is 57.6 Å². The van der Waals surface area contributed by atoms with E-state index in [4.69, 9.17) is 33.2 Å². The second kappa shape index (κ2) is 17.7. The van der Waals surface area contributed by atoms with Crippen molar-refractivity contribution in [3.05, 3.63) is 97.1 Å². The minimum absolute atomic E-state index is 0.149. The summed E-state index contributed by atoms with van der Waals surface area (Å²) in [5.74, 6) is 3.43. The molecule has 0 N–H and O–H groups in total. The minimum Gasteiger partial charge on any atom is -0.494 e. The van der Waals surface area contributed by atoms with Gasteiger partial charge in [-0.1, -0.05) is 48.5 Å². The van der Waals surface area contributed by atoms with E-state index in [-0.39, 0.29) is 12.0 Å². The van der Waals surface area contributed by atoms with Gasteiger partial charge in [-0.2, -0.15) is 9.97 Å². The first-order chi connectivity index (χ1) is 26.7. The fourth-order valence-corrected chi connectivity index (χ4v) is 6.25. The summed E-state index contributed by atoms with van der Waals surface area (Å²) < 4.78 is 40.3. The van der Waals surface area contributed by atoms with Gasteiger partial charge in [0.2, 0.25) is 5.95 Å². The molecule has 8 rings (SSSR count). The van der Waals surface area contributed by atoms with Gasteiger partial charge in [0.05, 0.1) is 51.8 Å². The molecule has 4 heterocycles. The molecule has 2 atom stereocenters. The lowest BCUT2D eigenvalue weighted by Crippen LogP contribution is -2.37. The van der Waals surface area contributed by atoms with Gasteiger partial charge in [-0.15, -0.1) is 4.98 Å². The number of hydrogen-bond acceptors (Lipinski definition) is 11. The number of nitrogens with zero attached hydrogens (tertiary/aromatic N) is 4. The molecular formula is C43H46N4O7. The first kappa shape index (κ1) is 35.8. The summed E-state index contributed by atoms with van der Waals surface area (Å²) in [6.07, 6.45) is 7.53. The molecular weight excluding hydrogens is 684 g/mol. The lowest BCUT2D eigenvalue weighted by Gasteiger charge is -2.26. The number of aromatic nitrogens is 3. The molecule has 0 amide bonds. The van der Waals surface area contributed by atoms with Crippen molar-refractivity contribution < 1.29 is 33.2 Å². The van der Waals surface area contributed by atoms with E-state index in [0.717, 1.165) is 85.5 Å². The quantitative estimate of drug-likeness (QED) is 0.0602. The molecule has 2 unspecified atom stereocenters. The van der Waals surface area contributed by atoms with Gasteiger partial charge in [-0.3, -0.25) is 0 Å². The molecule has 280 valence electrons. The van der Waals surface area contributed by atoms with Gasteiger partial charge >= 0.3 is 12.0 Å². The second-order valence-corrected chi connectivity index (χ2v) is 13.7. The van der Waals surface area contributed by atoms with E-state index in [1.165, 1.54) is 0 Å². The fourth-order valence-electron chi connectivity index (χ4n) is 6.25. The van der Waals surface area contributed by atoms with E-state index < -0.39 is 0 Å². The molecule has 11 heteroatoms. The highest BCUT2D eigenvalue weighted by molar-refractivity contribution is 5.66. The van der Waals surface area contributed by atoms with Crippen LogP contribution in [0.5, 0.6) is 35.0 Å². The third-order valence-corrected chi connectivity index (χ3v) is 9.56. The molecule has 0 spiro atoms. The summed E-state index contributed by atoms with van der Waals surface area (Å²) in [5.41, 5.74) is 4.29. The van der Waals surface area contributed by atoms with E-state index in [1.54, 1.807) is 0 Å². The number of morpholine rings is 1. The summed E-state index contributed by atoms with van der Waals surface area (Å²) in [7, 11) is 0. The van der Waals surface area contributed by atoms with Crippen molar-refractivity contribution in [2.45, 2.75) is 50.7 Å². The Bertz CT molecular complexity index is 1780. The van der Waals surface area contributed by atoms with Crippen molar-refractivity contribution in [1.29, 1.82) is 0 Å². The Kier molecular flexibility index (Phi) is 11.7. The van der Waals surface area contributed by atoms with Crippen LogP contribution in [-0.2, 0) is 14.2 Å². The Morgan fingerprint density at radius 3 is 1.28 bits per heavy atom. The molecule has 0 saturated carbocycles. The lowest BCUT2D eigenvalue weighted by molar-refractivity contribution is 0.122. The average Bonchev–Trinajstić information content (AvgIpc) is 4.17. The molecule has 1 aromatic heterocycles. The zero-order valence-electron chi connectivity index (χ0n) is 30.4. The highest BCUT2D eigenvalue weighted by Gasteiger charge is 2.22. The van der Waals surface area contributed by atoms with Crippen LogP contribution in [0.2, 0.25) is 0 Å². The maximum absolute atomic E-state index is 6.17. The highest BCUT2D eigenvalue weighted by atomic mass is 16.6. The third-order valence-electron chi connectivity index (χ3n) is 9.56. The number of benzene rings is 4. The van der Waals surface area contributed by atoms with Gasteiger partial charge in [-0.25, -0.2) is 0 Å². The summed E-state index contributed by atoms with van der Waals surface area (Å²) in [6, 6.07) is 32.3. The van der Waals surface area contributed by atoms with Crippen molar-refractivity contribution in [2.24, 2.45) is 0 Å². The molecule has 4 aromatic carbocycles. The molecule has 5 aromatic rings. The summed E-state index contributed by atoms with van der Waals surface area (Å²) >= 11 is 0. The van der Waals surface area contributed by atoms with Crippen molar-refractivity contribution in [3.8, 4) is 57.3 Å². The third kappa shape index (κ3) is 10.5. The van der Waals surface area contributed by atoms with Crippen LogP contribution in [0.3, 0.4) is 0 Å². The zero-order valence-corrected chi connectivity index (χ0v) is 30.4. The Labute approximate surface area is 316 Å². The molecule has 3 aliphatic heterocycles. The van der Waals surface area contributed by atoms with Crippen LogP contribution in [0, 0.1) is 0 Å². The monoisotopic (exact) mass is 730 g/mol.